The van der Waals surface area contributed by atoms with E-state index in [1.54, 1.807) is 6.29 Å². The quantitative estimate of drug-likeness (QED) is 0.587. The highest BCUT2D eigenvalue weighted by Gasteiger charge is 2.05. The third kappa shape index (κ3) is 1.47. The highest BCUT2D eigenvalue weighted by Crippen LogP contribution is 2.18. The van der Waals surface area contributed by atoms with Crippen LogP contribution in [0.4, 0.5) is 0 Å². The van der Waals surface area contributed by atoms with E-state index in [4.69, 9.17) is 5.11 Å². The summed E-state index contributed by atoms with van der Waals surface area (Å²) in [6.07, 6.45) is 7.12. The second kappa shape index (κ2) is 3.20. The zero-order valence-corrected chi connectivity index (χ0v) is 5.63. The molecule has 1 aliphatic carbocycles. The van der Waals surface area contributed by atoms with Crippen molar-refractivity contribution in [1.82, 2.24) is 0 Å². The Morgan fingerprint density at radius 1 is 1.50 bits per heavy atom. The predicted molar refractivity (Wildman–Crippen MR) is 38.3 cm³/mol. The number of carbonyl (C=O) groups excluding carboxylic acids is 1. The first kappa shape index (κ1) is 7.06. The minimum absolute atomic E-state index is 0.246. The molecule has 1 aliphatic rings. The maximum absolute atomic E-state index is 9.92. The molecule has 0 aromatic carbocycles. The van der Waals surface area contributed by atoms with Gasteiger partial charge >= 0.3 is 0 Å². The highest BCUT2D eigenvalue weighted by atomic mass is 16.3. The van der Waals surface area contributed by atoms with Gasteiger partial charge in [0.1, 0.15) is 0 Å². The van der Waals surface area contributed by atoms with Gasteiger partial charge in [0, 0.05) is 12.8 Å². The Morgan fingerprint density at radius 3 is 2.80 bits per heavy atom. The van der Waals surface area contributed by atoms with Crippen LogP contribution in [-0.2, 0) is 4.79 Å². The fourth-order valence-electron chi connectivity index (χ4n) is 0.944. The molecule has 0 spiro atoms. The lowest BCUT2D eigenvalue weighted by Gasteiger charge is -2.07. The second-order valence-corrected chi connectivity index (χ2v) is 2.25. The normalized spacial score (nSPS) is 17.6. The molecule has 2 heteroatoms. The lowest BCUT2D eigenvalue weighted by molar-refractivity contribution is 0.388. The van der Waals surface area contributed by atoms with Crippen molar-refractivity contribution in [3.05, 3.63) is 23.5 Å². The van der Waals surface area contributed by atoms with Crippen molar-refractivity contribution >= 4 is 6.29 Å². The molecule has 1 N–H and O–H groups in total. The van der Waals surface area contributed by atoms with Gasteiger partial charge in [0.25, 0.3) is 0 Å². The Hall–Kier alpha value is -1.05. The molecule has 10 heavy (non-hydrogen) atoms. The summed E-state index contributed by atoms with van der Waals surface area (Å²) in [7, 11) is 0. The van der Waals surface area contributed by atoms with Gasteiger partial charge in [-0.25, -0.2) is 0 Å². The molecule has 0 amide bonds. The van der Waals surface area contributed by atoms with Gasteiger partial charge in [-0.2, -0.15) is 0 Å². The molecule has 2 nitrogen and oxygen atoms in total. The van der Waals surface area contributed by atoms with E-state index in [9.17, 15) is 4.79 Å². The Morgan fingerprint density at radius 2 is 2.20 bits per heavy atom. The fourth-order valence-corrected chi connectivity index (χ4v) is 0.944. The zero-order valence-electron chi connectivity index (χ0n) is 5.63. The second-order valence-electron chi connectivity index (χ2n) is 2.25. The molecule has 1 radical (unpaired) electrons. The third-order valence-corrected chi connectivity index (χ3v) is 1.54. The topological polar surface area (TPSA) is 37.3 Å². The van der Waals surface area contributed by atoms with Gasteiger partial charge in [0.05, 0.1) is 5.76 Å². The molecule has 0 fully saturated rings. The Balaban J connectivity index is 2.61. The van der Waals surface area contributed by atoms with Crippen LogP contribution in [0, 0.1) is 0 Å². The maximum Gasteiger partial charge on any atom is 0.202 e. The van der Waals surface area contributed by atoms with E-state index < -0.39 is 0 Å². The highest BCUT2D eigenvalue weighted by molar-refractivity contribution is 5.56. The summed E-state index contributed by atoms with van der Waals surface area (Å²) in [6, 6.07) is 0. The van der Waals surface area contributed by atoms with Gasteiger partial charge in [0.2, 0.25) is 6.29 Å². The largest absolute Gasteiger partial charge is 0.512 e. The summed E-state index contributed by atoms with van der Waals surface area (Å²) < 4.78 is 0. The van der Waals surface area contributed by atoms with E-state index in [1.807, 2.05) is 12.2 Å². The molecule has 0 aliphatic heterocycles. The number of hydrogen-bond acceptors (Lipinski definition) is 2. The number of rotatable bonds is 2. The first-order chi connectivity index (χ1) is 4.84. The SMILES string of the molecule is O=[C]CC1=C(O)CC=CC1. The molecule has 0 aromatic rings. The van der Waals surface area contributed by atoms with Crippen LogP contribution >= 0.6 is 0 Å². The number of hydrogen-bond donors (Lipinski definition) is 1. The lowest BCUT2D eigenvalue weighted by Crippen LogP contribution is -1.95. The van der Waals surface area contributed by atoms with Gasteiger partial charge in [-0.1, -0.05) is 12.2 Å². The van der Waals surface area contributed by atoms with Gasteiger partial charge in [-0.3, -0.25) is 4.79 Å². The smallest absolute Gasteiger partial charge is 0.202 e. The van der Waals surface area contributed by atoms with E-state index in [2.05, 4.69) is 0 Å². The molecule has 0 atom stereocenters. The predicted octanol–water partition coefficient (Wildman–Crippen LogP) is 1.65. The van der Waals surface area contributed by atoms with Gasteiger partial charge in [0.15, 0.2) is 0 Å². The molecule has 0 saturated carbocycles. The molecule has 1 rings (SSSR count). The number of aliphatic hydroxyl groups excluding tert-OH is 1. The van der Waals surface area contributed by atoms with Crippen molar-refractivity contribution in [1.29, 1.82) is 0 Å². The standard InChI is InChI=1S/C8H9O2/c9-6-5-7-3-1-2-4-8(7)10/h1-2,10H,3-5H2. The monoisotopic (exact) mass is 137 g/mol. The molecular weight excluding hydrogens is 128 g/mol. The van der Waals surface area contributed by atoms with Crippen LogP contribution in [0.5, 0.6) is 0 Å². The van der Waals surface area contributed by atoms with Gasteiger partial charge in [-0.15, -0.1) is 0 Å². The molecule has 0 saturated heterocycles. The van der Waals surface area contributed by atoms with Crippen LogP contribution in [0.15, 0.2) is 23.5 Å². The van der Waals surface area contributed by atoms with Crippen molar-refractivity contribution in [3.63, 3.8) is 0 Å². The minimum atomic E-state index is 0.246. The molecule has 0 bridgehead atoms. The first-order valence-electron chi connectivity index (χ1n) is 3.24. The van der Waals surface area contributed by atoms with E-state index in [0.717, 1.165) is 5.57 Å². The summed E-state index contributed by atoms with van der Waals surface area (Å²) in [4.78, 5) is 9.92. The summed E-state index contributed by atoms with van der Waals surface area (Å²) >= 11 is 0. The third-order valence-electron chi connectivity index (χ3n) is 1.54. The minimum Gasteiger partial charge on any atom is -0.512 e. The molecule has 0 unspecified atom stereocenters. The van der Waals surface area contributed by atoms with Gasteiger partial charge < -0.3 is 5.11 Å². The molecule has 0 aromatic heterocycles. The van der Waals surface area contributed by atoms with Crippen molar-refractivity contribution in [2.45, 2.75) is 19.3 Å². The van der Waals surface area contributed by atoms with E-state index in [0.29, 0.717) is 18.6 Å². The van der Waals surface area contributed by atoms with Crippen molar-refractivity contribution < 1.29 is 9.90 Å². The molecule has 53 valence electrons. The average Bonchev–Trinajstić information content (AvgIpc) is 1.94. The summed E-state index contributed by atoms with van der Waals surface area (Å²) in [5.74, 6) is 0.339. The van der Waals surface area contributed by atoms with Crippen molar-refractivity contribution in [2.24, 2.45) is 0 Å². The number of aliphatic hydroxyl groups is 1. The summed E-state index contributed by atoms with van der Waals surface area (Å²) in [6.45, 7) is 0. The Kier molecular flexibility index (Phi) is 2.26. The van der Waals surface area contributed by atoms with E-state index in [1.165, 1.54) is 0 Å². The first-order valence-corrected chi connectivity index (χ1v) is 3.24. The number of allylic oxidation sites excluding steroid dienone is 3. The summed E-state index contributed by atoms with van der Waals surface area (Å²) in [5.41, 5.74) is 0.803. The zero-order chi connectivity index (χ0) is 7.40. The lowest BCUT2D eigenvalue weighted by atomic mass is 10.0. The van der Waals surface area contributed by atoms with E-state index in [-0.39, 0.29) is 6.42 Å². The van der Waals surface area contributed by atoms with Crippen LogP contribution in [0.3, 0.4) is 0 Å². The van der Waals surface area contributed by atoms with Crippen LogP contribution in [0.2, 0.25) is 0 Å². The van der Waals surface area contributed by atoms with Crippen LogP contribution in [0.25, 0.3) is 0 Å². The van der Waals surface area contributed by atoms with Crippen LogP contribution < -0.4 is 0 Å². The van der Waals surface area contributed by atoms with Crippen molar-refractivity contribution in [2.75, 3.05) is 0 Å². The molecule has 0 heterocycles. The maximum atomic E-state index is 9.92. The Bertz CT molecular complexity index is 185. The van der Waals surface area contributed by atoms with Crippen LogP contribution in [0.1, 0.15) is 19.3 Å². The van der Waals surface area contributed by atoms with Gasteiger partial charge in [-0.05, 0) is 12.0 Å². The van der Waals surface area contributed by atoms with Crippen molar-refractivity contribution in [3.8, 4) is 0 Å². The molecular formula is C8H9O2. The van der Waals surface area contributed by atoms with E-state index >= 15 is 0 Å². The summed E-state index contributed by atoms with van der Waals surface area (Å²) in [5, 5.41) is 9.15. The van der Waals surface area contributed by atoms with Crippen LogP contribution in [-0.4, -0.2) is 11.4 Å². The fraction of sp³-hybridized carbons (Fsp3) is 0.375. The Labute approximate surface area is 59.9 Å². The average molecular weight is 137 g/mol.